The number of carboxylic acid groups (broad SMARTS) is 1. The molecule has 4 N–H and O–H groups in total. The average Bonchev–Trinajstić information content (AvgIpc) is 3.52. The van der Waals surface area contributed by atoms with Gasteiger partial charge in [0.1, 0.15) is 28.1 Å². The molecule has 2 aromatic heterocycles. The second kappa shape index (κ2) is 14.0. The van der Waals surface area contributed by atoms with Gasteiger partial charge in [-0.05, 0) is 30.9 Å². The Morgan fingerprint density at radius 1 is 1.13 bits per heavy atom. The lowest BCUT2D eigenvalue weighted by Crippen LogP contribution is -2.36. The molecule has 3 heterocycles. The normalized spacial score (nSPS) is 14.7. The highest BCUT2D eigenvalue weighted by atomic mass is 32.1. The number of aryl methyl sites for hydroxylation is 1. The summed E-state index contributed by atoms with van der Waals surface area (Å²) in [7, 11) is 1.75. The second-order valence-corrected chi connectivity index (χ2v) is 11.3. The third kappa shape index (κ3) is 7.47. The van der Waals surface area contributed by atoms with Crippen LogP contribution in [0, 0.1) is 5.82 Å². The van der Waals surface area contributed by atoms with Gasteiger partial charge in [0.25, 0.3) is 5.91 Å². The Labute approximate surface area is 262 Å². The number of halogens is 1. The summed E-state index contributed by atoms with van der Waals surface area (Å²) < 4.78 is 22.0. The Morgan fingerprint density at radius 2 is 1.93 bits per heavy atom. The van der Waals surface area contributed by atoms with Crippen LogP contribution in [-0.2, 0) is 18.4 Å². The number of benzene rings is 2. The summed E-state index contributed by atoms with van der Waals surface area (Å²) in [5, 5.41) is 21.7. The van der Waals surface area contributed by atoms with Crippen molar-refractivity contribution < 1.29 is 28.6 Å². The highest BCUT2D eigenvalue weighted by Gasteiger charge is 2.27. The summed E-state index contributed by atoms with van der Waals surface area (Å²) in [5.41, 5.74) is 1.46. The molecule has 0 unspecified atom stereocenters. The summed E-state index contributed by atoms with van der Waals surface area (Å²) in [6.45, 7) is 5.00. The Balaban J connectivity index is 1.28. The van der Waals surface area contributed by atoms with E-state index in [9.17, 15) is 19.5 Å². The number of ether oxygens (including phenoxy) is 1. The Hall–Kier alpha value is -5.24. The predicted molar refractivity (Wildman–Crippen MR) is 170 cm³/mol. The fourth-order valence-corrected chi connectivity index (χ4v) is 6.07. The molecule has 3 amide bonds. The van der Waals surface area contributed by atoms with Crippen molar-refractivity contribution >= 4 is 52.0 Å². The Morgan fingerprint density at radius 3 is 2.69 bits per heavy atom. The van der Waals surface area contributed by atoms with Gasteiger partial charge in [0.15, 0.2) is 11.5 Å². The first-order chi connectivity index (χ1) is 21.7. The zero-order chi connectivity index (χ0) is 31.9. The minimum atomic E-state index is -1.39. The van der Waals surface area contributed by atoms with E-state index in [2.05, 4.69) is 37.5 Å². The van der Waals surface area contributed by atoms with Crippen LogP contribution in [0.1, 0.15) is 40.9 Å². The molecular formula is C31H32FN7O5S. The van der Waals surface area contributed by atoms with Crippen molar-refractivity contribution in [3.05, 3.63) is 83.9 Å². The van der Waals surface area contributed by atoms with Gasteiger partial charge in [0, 0.05) is 37.3 Å². The summed E-state index contributed by atoms with van der Waals surface area (Å²) >= 11 is 0.846. The van der Waals surface area contributed by atoms with Gasteiger partial charge in [-0.25, -0.2) is 19.0 Å². The van der Waals surface area contributed by atoms with E-state index < -0.39 is 23.9 Å². The van der Waals surface area contributed by atoms with Crippen LogP contribution in [0.3, 0.4) is 0 Å². The van der Waals surface area contributed by atoms with Crippen molar-refractivity contribution in [3.8, 4) is 10.6 Å². The number of anilines is 3. The molecule has 12 nitrogen and oxygen atoms in total. The Kier molecular flexibility index (Phi) is 9.73. The van der Waals surface area contributed by atoms with Crippen LogP contribution in [0.2, 0.25) is 0 Å². The highest BCUT2D eigenvalue weighted by Crippen LogP contribution is 2.36. The standard InChI is InChI=1S/C31H32FN7O5S/c1-3-20-11-7-13-22(24(20)32)27-36-25(28(45-27)37-30(41)42)26(40)35-23-17-33-38(2)29(23)39-15-8-12-21(14-16-39)34-31(43)44-18-19-9-5-4-6-10-19/h3-7,9-11,13,17,21,37H,1,8,12,14-16,18H2,2H3,(H,34,43)(H,35,40)(H,41,42)/t21-/m1/s1. The van der Waals surface area contributed by atoms with Crippen LogP contribution in [0.15, 0.2) is 61.3 Å². The largest absolute Gasteiger partial charge is 0.465 e. The van der Waals surface area contributed by atoms with Crippen LogP contribution in [0.5, 0.6) is 0 Å². The van der Waals surface area contributed by atoms with Crippen molar-refractivity contribution in [3.63, 3.8) is 0 Å². The SMILES string of the molecule is C=Cc1cccc(-c2nc(C(=O)Nc3cnn(C)c3N3CCC[C@@H](NC(=O)OCc4ccccc4)CC3)c(NC(=O)O)s2)c1F. The van der Waals surface area contributed by atoms with E-state index in [1.807, 2.05) is 30.3 Å². The Bertz CT molecular complexity index is 1710. The molecular weight excluding hydrogens is 601 g/mol. The van der Waals surface area contributed by atoms with Gasteiger partial charge < -0.3 is 25.4 Å². The molecule has 2 aromatic carbocycles. The summed E-state index contributed by atoms with van der Waals surface area (Å²) in [6, 6.07) is 14.0. The molecule has 0 radical (unpaired) electrons. The molecule has 1 fully saturated rings. The number of alkyl carbamates (subject to hydrolysis) is 1. The number of hydrogen-bond acceptors (Lipinski definition) is 8. The van der Waals surface area contributed by atoms with Crippen molar-refractivity contribution in [1.29, 1.82) is 0 Å². The van der Waals surface area contributed by atoms with Crippen LogP contribution in [0.25, 0.3) is 16.6 Å². The number of hydrogen-bond donors (Lipinski definition) is 4. The average molecular weight is 634 g/mol. The molecule has 45 heavy (non-hydrogen) atoms. The first-order valence-electron chi connectivity index (χ1n) is 14.2. The topological polar surface area (TPSA) is 151 Å². The van der Waals surface area contributed by atoms with Crippen molar-refractivity contribution in [2.75, 3.05) is 28.6 Å². The molecule has 0 bridgehead atoms. The van der Waals surface area contributed by atoms with Crippen LogP contribution < -0.4 is 20.9 Å². The molecule has 234 valence electrons. The lowest BCUT2D eigenvalue weighted by molar-refractivity contribution is 0.102. The molecule has 1 atom stereocenters. The lowest BCUT2D eigenvalue weighted by atomic mass is 10.1. The van der Waals surface area contributed by atoms with Crippen molar-refractivity contribution in [2.24, 2.45) is 7.05 Å². The smallest absolute Gasteiger partial charge is 0.409 e. The molecule has 14 heteroatoms. The lowest BCUT2D eigenvalue weighted by Gasteiger charge is -2.24. The quantitative estimate of drug-likeness (QED) is 0.177. The van der Waals surface area contributed by atoms with Crippen LogP contribution >= 0.6 is 11.3 Å². The fourth-order valence-electron chi connectivity index (χ4n) is 5.10. The van der Waals surface area contributed by atoms with E-state index in [-0.39, 0.29) is 39.5 Å². The molecule has 0 saturated carbocycles. The van der Waals surface area contributed by atoms with E-state index in [1.165, 1.54) is 18.3 Å². The maximum absolute atomic E-state index is 15.0. The molecule has 1 aliphatic heterocycles. The molecule has 4 aromatic rings. The van der Waals surface area contributed by atoms with E-state index in [1.54, 1.807) is 23.9 Å². The van der Waals surface area contributed by atoms with E-state index in [0.717, 1.165) is 29.7 Å². The van der Waals surface area contributed by atoms with Crippen molar-refractivity contribution in [1.82, 2.24) is 20.1 Å². The molecule has 0 spiro atoms. The number of aromatic nitrogens is 3. The van der Waals surface area contributed by atoms with Gasteiger partial charge in [0.2, 0.25) is 0 Å². The van der Waals surface area contributed by atoms with Gasteiger partial charge in [-0.15, -0.1) is 0 Å². The number of amides is 3. The van der Waals surface area contributed by atoms with Gasteiger partial charge in [-0.3, -0.25) is 14.8 Å². The van der Waals surface area contributed by atoms with Gasteiger partial charge in [-0.1, -0.05) is 66.5 Å². The van der Waals surface area contributed by atoms with Gasteiger partial charge >= 0.3 is 12.2 Å². The number of thiazole rings is 1. The van der Waals surface area contributed by atoms with Gasteiger partial charge in [0.05, 0.1) is 6.20 Å². The van der Waals surface area contributed by atoms with Gasteiger partial charge in [-0.2, -0.15) is 5.10 Å². The predicted octanol–water partition coefficient (Wildman–Crippen LogP) is 5.95. The molecule has 1 saturated heterocycles. The van der Waals surface area contributed by atoms with Crippen LogP contribution in [0.4, 0.5) is 30.5 Å². The summed E-state index contributed by atoms with van der Waals surface area (Å²) in [6.07, 6.45) is 3.13. The third-order valence-corrected chi connectivity index (χ3v) is 8.26. The minimum Gasteiger partial charge on any atom is -0.465 e. The van der Waals surface area contributed by atoms with Crippen LogP contribution in [-0.4, -0.2) is 57.1 Å². The highest BCUT2D eigenvalue weighted by molar-refractivity contribution is 7.19. The van der Waals surface area contributed by atoms with E-state index in [4.69, 9.17) is 4.74 Å². The first-order valence-corrected chi connectivity index (χ1v) is 15.0. The zero-order valence-electron chi connectivity index (χ0n) is 24.5. The molecule has 1 aliphatic rings. The number of rotatable bonds is 9. The molecule has 0 aliphatic carbocycles. The fraction of sp³-hybridized carbons (Fsp3) is 0.258. The van der Waals surface area contributed by atoms with Crippen molar-refractivity contribution in [2.45, 2.75) is 31.9 Å². The maximum Gasteiger partial charge on any atom is 0.409 e. The second-order valence-electron chi connectivity index (χ2n) is 10.3. The maximum atomic E-state index is 15.0. The first kappa shape index (κ1) is 31.2. The van der Waals surface area contributed by atoms with E-state index >= 15 is 4.39 Å². The summed E-state index contributed by atoms with van der Waals surface area (Å²) in [4.78, 5) is 43.8. The number of nitrogens with zero attached hydrogens (tertiary/aromatic N) is 4. The number of carbonyl (C=O) groups is 3. The summed E-state index contributed by atoms with van der Waals surface area (Å²) in [5.74, 6) is -0.627. The third-order valence-electron chi connectivity index (χ3n) is 7.26. The monoisotopic (exact) mass is 633 g/mol. The number of nitrogens with one attached hydrogen (secondary N) is 3. The molecule has 5 rings (SSSR count). The minimum absolute atomic E-state index is 0.0494. The van der Waals surface area contributed by atoms with E-state index in [0.29, 0.717) is 31.0 Å². The zero-order valence-corrected chi connectivity index (χ0v) is 25.3. The number of carbonyl (C=O) groups excluding carboxylic acids is 2.